The summed E-state index contributed by atoms with van der Waals surface area (Å²) in [5.41, 5.74) is 3.69. The van der Waals surface area contributed by atoms with Gasteiger partial charge in [0.1, 0.15) is 5.52 Å². The molecular formula is C24H18FN5O2. The molecule has 3 aromatic heterocycles. The number of hydrogen-bond acceptors (Lipinski definition) is 6. The molecule has 0 saturated carbocycles. The molecule has 158 valence electrons. The second-order valence-corrected chi connectivity index (χ2v) is 7.87. The smallest absolute Gasteiger partial charge is 0.298 e. The first-order valence-electron chi connectivity index (χ1n) is 9.96. The normalized spacial score (nSPS) is 11.7. The Bertz CT molecular complexity index is 1480. The quantitative estimate of drug-likeness (QED) is 0.384. The van der Waals surface area contributed by atoms with Gasteiger partial charge < -0.3 is 4.74 Å². The molecule has 0 bridgehead atoms. The first kappa shape index (κ1) is 19.7. The highest BCUT2D eigenvalue weighted by molar-refractivity contribution is 5.80. The van der Waals surface area contributed by atoms with E-state index in [-0.39, 0.29) is 12.2 Å². The van der Waals surface area contributed by atoms with Crippen molar-refractivity contribution in [2.75, 3.05) is 0 Å². The second kappa shape index (κ2) is 7.49. The number of carbonyl (C=O) groups is 1. The highest BCUT2D eigenvalue weighted by Gasteiger charge is 2.27. The number of carbonyl (C=O) groups excluding carboxylic acids is 1. The predicted molar refractivity (Wildman–Crippen MR) is 118 cm³/mol. The SMILES string of the molecule is CC(C)(c1ccc2ncccc2c1)n1nnc2ccc(-c3ccc(OC=O)c(F)c3)nc21. The van der Waals surface area contributed by atoms with Gasteiger partial charge in [0, 0.05) is 17.1 Å². The minimum atomic E-state index is -0.645. The van der Waals surface area contributed by atoms with Gasteiger partial charge in [-0.05, 0) is 67.9 Å². The molecule has 5 aromatic rings. The molecule has 2 aromatic carbocycles. The number of pyridine rings is 2. The maximum Gasteiger partial charge on any atom is 0.298 e. The Morgan fingerprint density at radius 2 is 1.88 bits per heavy atom. The van der Waals surface area contributed by atoms with Crippen LogP contribution in [0.2, 0.25) is 0 Å². The number of nitrogens with zero attached hydrogens (tertiary/aromatic N) is 5. The molecule has 0 aliphatic carbocycles. The summed E-state index contributed by atoms with van der Waals surface area (Å²) in [6.45, 7) is 4.27. The monoisotopic (exact) mass is 427 g/mol. The number of hydrogen-bond donors (Lipinski definition) is 0. The molecule has 0 saturated heterocycles. The zero-order chi connectivity index (χ0) is 22.3. The van der Waals surface area contributed by atoms with Gasteiger partial charge in [0.05, 0.1) is 16.7 Å². The van der Waals surface area contributed by atoms with E-state index in [0.717, 1.165) is 16.5 Å². The van der Waals surface area contributed by atoms with Crippen LogP contribution in [-0.4, -0.2) is 31.4 Å². The van der Waals surface area contributed by atoms with Crippen LogP contribution in [0, 0.1) is 5.82 Å². The minimum absolute atomic E-state index is 0.136. The van der Waals surface area contributed by atoms with Gasteiger partial charge in [-0.2, -0.15) is 0 Å². The molecule has 0 aliphatic rings. The van der Waals surface area contributed by atoms with Crippen LogP contribution < -0.4 is 4.74 Å². The molecule has 8 heteroatoms. The Hall–Kier alpha value is -4.20. The van der Waals surface area contributed by atoms with Crippen LogP contribution >= 0.6 is 0 Å². The molecule has 0 unspecified atom stereocenters. The van der Waals surface area contributed by atoms with Crippen molar-refractivity contribution in [1.29, 1.82) is 0 Å². The van der Waals surface area contributed by atoms with Crippen molar-refractivity contribution in [3.8, 4) is 17.0 Å². The summed E-state index contributed by atoms with van der Waals surface area (Å²) in [5.74, 6) is -0.781. The van der Waals surface area contributed by atoms with E-state index in [1.165, 1.54) is 12.1 Å². The molecule has 7 nitrogen and oxygen atoms in total. The Balaban J connectivity index is 1.60. The summed E-state index contributed by atoms with van der Waals surface area (Å²) in [6, 6.07) is 17.9. The van der Waals surface area contributed by atoms with Gasteiger partial charge in [0.2, 0.25) is 0 Å². The lowest BCUT2D eigenvalue weighted by atomic mass is 9.93. The fraction of sp³-hybridized carbons (Fsp3) is 0.125. The summed E-state index contributed by atoms with van der Waals surface area (Å²) in [4.78, 5) is 19.6. The van der Waals surface area contributed by atoms with Crippen molar-refractivity contribution in [1.82, 2.24) is 25.0 Å². The lowest BCUT2D eigenvalue weighted by Crippen LogP contribution is -2.29. The number of halogens is 1. The number of rotatable bonds is 5. The number of ether oxygens (including phenoxy) is 1. The van der Waals surface area contributed by atoms with E-state index < -0.39 is 11.4 Å². The average Bonchev–Trinajstić information content (AvgIpc) is 3.24. The van der Waals surface area contributed by atoms with Crippen molar-refractivity contribution < 1.29 is 13.9 Å². The van der Waals surface area contributed by atoms with Gasteiger partial charge in [-0.15, -0.1) is 5.10 Å². The van der Waals surface area contributed by atoms with Crippen LogP contribution in [0.25, 0.3) is 33.3 Å². The van der Waals surface area contributed by atoms with Gasteiger partial charge in [0.15, 0.2) is 17.2 Å². The molecule has 32 heavy (non-hydrogen) atoms. The predicted octanol–water partition coefficient (Wildman–Crippen LogP) is 4.50. The van der Waals surface area contributed by atoms with Gasteiger partial charge in [-0.25, -0.2) is 14.1 Å². The number of benzene rings is 2. The Morgan fingerprint density at radius 3 is 2.69 bits per heavy atom. The van der Waals surface area contributed by atoms with Crippen LogP contribution in [0.5, 0.6) is 5.75 Å². The van der Waals surface area contributed by atoms with E-state index in [1.54, 1.807) is 29.1 Å². The van der Waals surface area contributed by atoms with Crippen LogP contribution in [0.4, 0.5) is 4.39 Å². The van der Waals surface area contributed by atoms with E-state index in [2.05, 4.69) is 26.1 Å². The Kier molecular flexibility index (Phi) is 4.62. The molecule has 0 radical (unpaired) electrons. The van der Waals surface area contributed by atoms with E-state index in [0.29, 0.717) is 22.4 Å². The summed E-state index contributed by atoms with van der Waals surface area (Å²) >= 11 is 0. The van der Waals surface area contributed by atoms with Crippen LogP contribution in [-0.2, 0) is 10.3 Å². The molecule has 0 aliphatic heterocycles. The van der Waals surface area contributed by atoms with Crippen molar-refractivity contribution in [2.45, 2.75) is 19.4 Å². The fourth-order valence-electron chi connectivity index (χ4n) is 3.73. The van der Waals surface area contributed by atoms with Gasteiger partial charge in [-0.1, -0.05) is 17.3 Å². The second-order valence-electron chi connectivity index (χ2n) is 7.87. The zero-order valence-electron chi connectivity index (χ0n) is 17.4. The molecule has 5 rings (SSSR count). The largest absolute Gasteiger partial charge is 0.426 e. The van der Waals surface area contributed by atoms with Crippen LogP contribution in [0.15, 0.2) is 66.9 Å². The molecule has 0 atom stereocenters. The lowest BCUT2D eigenvalue weighted by molar-refractivity contribution is -0.120. The molecule has 3 heterocycles. The maximum atomic E-state index is 14.2. The lowest BCUT2D eigenvalue weighted by Gasteiger charge is -2.26. The highest BCUT2D eigenvalue weighted by atomic mass is 19.1. The summed E-state index contributed by atoms with van der Waals surface area (Å²) in [5, 5.41) is 9.67. The summed E-state index contributed by atoms with van der Waals surface area (Å²) in [6.07, 6.45) is 1.77. The molecular weight excluding hydrogens is 409 g/mol. The van der Waals surface area contributed by atoms with Crippen molar-refractivity contribution >= 4 is 28.5 Å². The van der Waals surface area contributed by atoms with Crippen molar-refractivity contribution in [3.05, 3.63) is 78.2 Å². The van der Waals surface area contributed by atoms with Crippen LogP contribution in [0.3, 0.4) is 0 Å². The molecule has 0 N–H and O–H groups in total. The summed E-state index contributed by atoms with van der Waals surface area (Å²) in [7, 11) is 0. The van der Waals surface area contributed by atoms with E-state index >= 15 is 0 Å². The molecule has 0 spiro atoms. The van der Waals surface area contributed by atoms with E-state index in [1.807, 2.05) is 38.1 Å². The first-order chi connectivity index (χ1) is 15.5. The number of aromatic nitrogens is 5. The van der Waals surface area contributed by atoms with Crippen LogP contribution in [0.1, 0.15) is 19.4 Å². The molecule has 0 fully saturated rings. The van der Waals surface area contributed by atoms with Gasteiger partial charge >= 0.3 is 0 Å². The zero-order valence-corrected chi connectivity index (χ0v) is 17.4. The fourth-order valence-corrected chi connectivity index (χ4v) is 3.73. The van der Waals surface area contributed by atoms with Gasteiger partial charge in [-0.3, -0.25) is 9.78 Å². The average molecular weight is 427 g/mol. The number of fused-ring (bicyclic) bond motifs is 2. The van der Waals surface area contributed by atoms with Gasteiger partial charge in [0.25, 0.3) is 6.47 Å². The van der Waals surface area contributed by atoms with Crippen molar-refractivity contribution in [2.24, 2.45) is 0 Å². The third-order valence-corrected chi connectivity index (χ3v) is 5.54. The summed E-state index contributed by atoms with van der Waals surface area (Å²) < 4.78 is 20.6. The van der Waals surface area contributed by atoms with E-state index in [4.69, 9.17) is 4.98 Å². The Labute approximate surface area is 182 Å². The minimum Gasteiger partial charge on any atom is -0.426 e. The Morgan fingerprint density at radius 1 is 1.03 bits per heavy atom. The maximum absolute atomic E-state index is 14.2. The third kappa shape index (κ3) is 3.26. The standard InChI is InChI=1S/C24H18FN5O2/c1-24(2,17-6-7-19-15(12-17)4-3-11-26-19)30-23-21(28-29-30)9-8-20(27-23)16-5-10-22(32-14-31)18(25)13-16/h3-14H,1-2H3. The molecule has 0 amide bonds. The van der Waals surface area contributed by atoms with E-state index in [9.17, 15) is 9.18 Å². The van der Waals surface area contributed by atoms with Crippen molar-refractivity contribution in [3.63, 3.8) is 0 Å². The highest BCUT2D eigenvalue weighted by Crippen LogP contribution is 2.31. The topological polar surface area (TPSA) is 82.8 Å². The first-order valence-corrected chi connectivity index (χ1v) is 9.96. The third-order valence-electron chi connectivity index (χ3n) is 5.54.